The molecule has 0 heterocycles. The summed E-state index contributed by atoms with van der Waals surface area (Å²) in [4.78, 5) is 0. The molecule has 4 rings (SSSR count). The maximum atomic E-state index is 3.67. The molecule has 0 N–H and O–H groups in total. The topological polar surface area (TPSA) is 0 Å². The van der Waals surface area contributed by atoms with Gasteiger partial charge in [-0.3, -0.25) is 0 Å². The lowest BCUT2D eigenvalue weighted by Crippen LogP contribution is -2.25. The second kappa shape index (κ2) is 10.8. The molecule has 1 heteroatoms. The van der Waals surface area contributed by atoms with Crippen molar-refractivity contribution in [2.24, 2.45) is 0 Å². The quantitative estimate of drug-likeness (QED) is 0.235. The first-order valence-corrected chi connectivity index (χ1v) is 13.5. The van der Waals surface area contributed by atoms with E-state index in [4.69, 9.17) is 0 Å². The van der Waals surface area contributed by atoms with Crippen LogP contribution >= 0.6 is 15.9 Å². The number of rotatable bonds is 11. The van der Waals surface area contributed by atoms with Crippen LogP contribution in [0.2, 0.25) is 0 Å². The summed E-state index contributed by atoms with van der Waals surface area (Å²) < 4.78 is 1.14. The van der Waals surface area contributed by atoms with Crippen LogP contribution in [0.15, 0.2) is 71.2 Å². The number of benzene rings is 3. The number of hydrogen-bond donors (Lipinski definition) is 0. The van der Waals surface area contributed by atoms with Crippen molar-refractivity contribution in [3.05, 3.63) is 82.3 Å². The molecule has 0 aliphatic heterocycles. The van der Waals surface area contributed by atoms with E-state index in [0.29, 0.717) is 0 Å². The van der Waals surface area contributed by atoms with E-state index in [0.717, 1.165) is 4.47 Å². The van der Waals surface area contributed by atoms with E-state index < -0.39 is 0 Å². The van der Waals surface area contributed by atoms with E-state index in [2.05, 4.69) is 96.5 Å². The Bertz CT molecular complexity index is 1020. The van der Waals surface area contributed by atoms with E-state index in [1.165, 1.54) is 86.5 Å². The fraction of sp³-hybridized carbons (Fsp3) is 0.419. The van der Waals surface area contributed by atoms with Crippen LogP contribution in [0.1, 0.15) is 89.2 Å². The molecule has 0 saturated carbocycles. The molecular weight excluding hydrogens is 452 g/mol. The van der Waals surface area contributed by atoms with Crippen molar-refractivity contribution < 1.29 is 0 Å². The normalized spacial score (nSPS) is 13.7. The highest BCUT2D eigenvalue weighted by molar-refractivity contribution is 9.10. The lowest BCUT2D eigenvalue weighted by Gasteiger charge is -2.33. The molecule has 1 aliphatic carbocycles. The lowest BCUT2D eigenvalue weighted by atomic mass is 9.70. The average Bonchev–Trinajstić information content (AvgIpc) is 3.09. The Balaban J connectivity index is 1.79. The molecule has 0 saturated heterocycles. The van der Waals surface area contributed by atoms with Crippen molar-refractivity contribution >= 4 is 15.9 Å². The standard InChI is InChI=1S/C31H37Br/c1-3-5-7-11-20-31(21-12-8-6-4-2)29-17-10-9-16-27(29)28-19-18-25(23-30(28)31)24-14-13-15-26(32)22-24/h9-10,13-19,22-23H,3-8,11-12,20-21H2,1-2H3. The Morgan fingerprint density at radius 3 is 1.94 bits per heavy atom. The minimum absolute atomic E-state index is 0.162. The Kier molecular flexibility index (Phi) is 7.89. The molecule has 0 nitrogen and oxygen atoms in total. The van der Waals surface area contributed by atoms with Crippen LogP contribution in [-0.2, 0) is 5.41 Å². The largest absolute Gasteiger partial charge is 0.0654 e. The summed E-state index contributed by atoms with van der Waals surface area (Å²) in [5.41, 5.74) is 8.88. The van der Waals surface area contributed by atoms with E-state index in [9.17, 15) is 0 Å². The molecule has 0 bridgehead atoms. The van der Waals surface area contributed by atoms with E-state index in [1.807, 2.05) is 0 Å². The molecular formula is C31H37Br. The Hall–Kier alpha value is -1.86. The smallest absolute Gasteiger partial charge is 0.0215 e. The molecule has 168 valence electrons. The number of unbranched alkanes of at least 4 members (excludes halogenated alkanes) is 6. The summed E-state index contributed by atoms with van der Waals surface area (Å²) in [5.74, 6) is 0. The van der Waals surface area contributed by atoms with Crippen LogP contribution in [-0.4, -0.2) is 0 Å². The molecule has 0 spiro atoms. The van der Waals surface area contributed by atoms with Crippen LogP contribution < -0.4 is 0 Å². The highest BCUT2D eigenvalue weighted by Gasteiger charge is 2.42. The maximum absolute atomic E-state index is 3.67. The predicted molar refractivity (Wildman–Crippen MR) is 143 cm³/mol. The maximum Gasteiger partial charge on any atom is 0.0215 e. The number of fused-ring (bicyclic) bond motifs is 3. The van der Waals surface area contributed by atoms with Crippen molar-refractivity contribution in [1.82, 2.24) is 0 Å². The first-order chi connectivity index (χ1) is 15.7. The molecule has 32 heavy (non-hydrogen) atoms. The molecule has 0 radical (unpaired) electrons. The van der Waals surface area contributed by atoms with Gasteiger partial charge in [-0.2, -0.15) is 0 Å². The van der Waals surface area contributed by atoms with Crippen LogP contribution in [0.25, 0.3) is 22.3 Å². The highest BCUT2D eigenvalue weighted by Crippen LogP contribution is 2.54. The summed E-state index contributed by atoms with van der Waals surface area (Å²) in [6.45, 7) is 4.62. The SMILES string of the molecule is CCCCCCC1(CCCCCC)c2ccccc2-c2ccc(-c3cccc(Br)c3)cc21. The van der Waals surface area contributed by atoms with Crippen LogP contribution in [0.3, 0.4) is 0 Å². The molecule has 3 aromatic rings. The van der Waals surface area contributed by atoms with E-state index >= 15 is 0 Å². The van der Waals surface area contributed by atoms with Gasteiger partial charge in [-0.05, 0) is 64.4 Å². The fourth-order valence-electron chi connectivity index (χ4n) is 5.67. The fourth-order valence-corrected chi connectivity index (χ4v) is 6.07. The second-order valence-corrected chi connectivity index (χ2v) is 10.4. The van der Waals surface area contributed by atoms with Crippen molar-refractivity contribution in [3.8, 4) is 22.3 Å². The van der Waals surface area contributed by atoms with Crippen LogP contribution in [0, 0.1) is 0 Å². The summed E-state index contributed by atoms with van der Waals surface area (Å²) in [6, 6.07) is 25.2. The monoisotopic (exact) mass is 488 g/mol. The molecule has 1 aliphatic rings. The molecule has 0 amide bonds. The van der Waals surface area contributed by atoms with Crippen molar-refractivity contribution in [2.45, 2.75) is 83.5 Å². The summed E-state index contributed by atoms with van der Waals surface area (Å²) in [6.07, 6.45) is 13.1. The minimum Gasteiger partial charge on any atom is -0.0654 e. The molecule has 0 atom stereocenters. The zero-order chi connectivity index (χ0) is 22.4. The summed E-state index contributed by atoms with van der Waals surface area (Å²) >= 11 is 3.67. The van der Waals surface area contributed by atoms with Crippen molar-refractivity contribution in [1.29, 1.82) is 0 Å². The van der Waals surface area contributed by atoms with Gasteiger partial charge in [0.2, 0.25) is 0 Å². The zero-order valence-electron chi connectivity index (χ0n) is 19.8. The van der Waals surface area contributed by atoms with Gasteiger partial charge in [-0.15, -0.1) is 0 Å². The Labute approximate surface area is 203 Å². The van der Waals surface area contributed by atoms with Crippen LogP contribution in [0.5, 0.6) is 0 Å². The summed E-state index contributed by atoms with van der Waals surface area (Å²) in [5, 5.41) is 0. The Morgan fingerprint density at radius 1 is 0.594 bits per heavy atom. The number of halogens is 1. The van der Waals surface area contributed by atoms with Gasteiger partial charge < -0.3 is 0 Å². The van der Waals surface area contributed by atoms with Crippen LogP contribution in [0.4, 0.5) is 0 Å². The van der Waals surface area contributed by atoms with Gasteiger partial charge in [-0.25, -0.2) is 0 Å². The van der Waals surface area contributed by atoms with Crippen molar-refractivity contribution in [2.75, 3.05) is 0 Å². The average molecular weight is 490 g/mol. The van der Waals surface area contributed by atoms with Gasteiger partial charge in [0.25, 0.3) is 0 Å². The molecule has 3 aromatic carbocycles. The third-order valence-electron chi connectivity index (χ3n) is 7.34. The van der Waals surface area contributed by atoms with Gasteiger partial charge >= 0.3 is 0 Å². The second-order valence-electron chi connectivity index (χ2n) is 9.52. The Morgan fingerprint density at radius 2 is 1.25 bits per heavy atom. The van der Waals surface area contributed by atoms with Gasteiger partial charge in [-0.1, -0.05) is 130 Å². The third-order valence-corrected chi connectivity index (χ3v) is 7.83. The first kappa shape index (κ1) is 23.3. The third kappa shape index (κ3) is 4.74. The highest BCUT2D eigenvalue weighted by atomic mass is 79.9. The van der Waals surface area contributed by atoms with Gasteiger partial charge in [0, 0.05) is 9.89 Å². The molecule has 0 fully saturated rings. The molecule has 0 aromatic heterocycles. The molecule has 0 unspecified atom stereocenters. The van der Waals surface area contributed by atoms with Gasteiger partial charge in [0.1, 0.15) is 0 Å². The predicted octanol–water partition coefficient (Wildman–Crippen LogP) is 10.3. The minimum atomic E-state index is 0.162. The van der Waals surface area contributed by atoms with Gasteiger partial charge in [0.05, 0.1) is 0 Å². The van der Waals surface area contributed by atoms with Gasteiger partial charge in [0.15, 0.2) is 0 Å². The zero-order valence-corrected chi connectivity index (χ0v) is 21.4. The number of hydrogen-bond acceptors (Lipinski definition) is 0. The van der Waals surface area contributed by atoms with E-state index in [-0.39, 0.29) is 5.41 Å². The lowest BCUT2D eigenvalue weighted by molar-refractivity contribution is 0.401. The van der Waals surface area contributed by atoms with Crippen molar-refractivity contribution in [3.63, 3.8) is 0 Å². The first-order valence-electron chi connectivity index (χ1n) is 12.7. The van der Waals surface area contributed by atoms with E-state index in [1.54, 1.807) is 11.1 Å². The summed E-state index contributed by atoms with van der Waals surface area (Å²) in [7, 11) is 0.